The molecule has 2 aromatic rings. The molecule has 1 aliphatic heterocycles. The lowest BCUT2D eigenvalue weighted by Gasteiger charge is -2.17. The van der Waals surface area contributed by atoms with Gasteiger partial charge in [-0.2, -0.15) is 0 Å². The van der Waals surface area contributed by atoms with Gasteiger partial charge in [-0.3, -0.25) is 4.99 Å². The van der Waals surface area contributed by atoms with Gasteiger partial charge in [0.25, 0.3) is 0 Å². The molecule has 2 aromatic carbocycles. The second kappa shape index (κ2) is 6.15. The Morgan fingerprint density at radius 1 is 1.00 bits per heavy atom. The van der Waals surface area contributed by atoms with Crippen LogP contribution in [-0.4, -0.2) is 18.1 Å². The number of benzene rings is 3. The lowest BCUT2D eigenvalue weighted by molar-refractivity contribution is 0.0697. The van der Waals surface area contributed by atoms with Crippen LogP contribution in [0, 0.1) is 6.92 Å². The first-order valence-corrected chi connectivity index (χ1v) is 8.31. The van der Waals surface area contributed by atoms with E-state index in [4.69, 9.17) is 4.42 Å². The summed E-state index contributed by atoms with van der Waals surface area (Å²) in [5, 5.41) is 11.4. The van der Waals surface area contributed by atoms with Gasteiger partial charge in [0.1, 0.15) is 11.3 Å². The number of hydrogen-bond donors (Lipinski definition) is 1. The highest BCUT2D eigenvalue weighted by Gasteiger charge is 2.20. The zero-order valence-electron chi connectivity index (χ0n) is 14.5. The van der Waals surface area contributed by atoms with E-state index in [0.717, 1.165) is 33.0 Å². The van der Waals surface area contributed by atoms with Gasteiger partial charge in [-0.05, 0) is 42.3 Å². The highest BCUT2D eigenvalue weighted by molar-refractivity contribution is 6.07. The van der Waals surface area contributed by atoms with Crippen LogP contribution in [0.2, 0.25) is 0 Å². The maximum atomic E-state index is 11.8. The molecule has 0 unspecified atom stereocenters. The Bertz CT molecular complexity index is 1190. The number of nitrogens with zero attached hydrogens (tertiary/aromatic N) is 1. The van der Waals surface area contributed by atoms with Crippen molar-refractivity contribution in [1.29, 1.82) is 0 Å². The zero-order valence-corrected chi connectivity index (χ0v) is 14.5. The van der Waals surface area contributed by atoms with Crippen LogP contribution in [0.5, 0.6) is 0 Å². The molecule has 0 atom stereocenters. The average molecular weight is 343 g/mol. The van der Waals surface area contributed by atoms with E-state index in [0.29, 0.717) is 11.3 Å². The van der Waals surface area contributed by atoms with E-state index in [1.165, 1.54) is 0 Å². The molecule has 0 saturated heterocycles. The number of aryl methyl sites for hydroxylation is 1. The SMILES string of the molecule is CN=c1ccc2c(-c3ccccc3C(=O)O)c3ccc(C)cc3oc-2c1. The van der Waals surface area contributed by atoms with Gasteiger partial charge >= 0.3 is 5.97 Å². The van der Waals surface area contributed by atoms with E-state index in [-0.39, 0.29) is 5.56 Å². The molecule has 0 aromatic heterocycles. The van der Waals surface area contributed by atoms with E-state index < -0.39 is 5.97 Å². The number of hydrogen-bond acceptors (Lipinski definition) is 3. The van der Waals surface area contributed by atoms with Crippen molar-refractivity contribution in [3.05, 3.63) is 77.1 Å². The Hall–Kier alpha value is -3.40. The van der Waals surface area contributed by atoms with Crippen LogP contribution >= 0.6 is 0 Å². The lowest BCUT2D eigenvalue weighted by atomic mass is 9.90. The summed E-state index contributed by atoms with van der Waals surface area (Å²) < 4.78 is 6.12. The predicted octanol–water partition coefficient (Wildman–Crippen LogP) is 4.74. The van der Waals surface area contributed by atoms with Gasteiger partial charge in [0.05, 0.1) is 10.9 Å². The molecule has 2 aliphatic rings. The van der Waals surface area contributed by atoms with Crippen LogP contribution in [0.4, 0.5) is 0 Å². The minimum Gasteiger partial charge on any atom is -0.478 e. The molecule has 1 aliphatic carbocycles. The summed E-state index contributed by atoms with van der Waals surface area (Å²) >= 11 is 0. The molecule has 1 N–H and O–H groups in total. The van der Waals surface area contributed by atoms with Crippen LogP contribution in [0.1, 0.15) is 15.9 Å². The summed E-state index contributed by atoms with van der Waals surface area (Å²) in [4.78, 5) is 16.0. The highest BCUT2D eigenvalue weighted by atomic mass is 16.4. The summed E-state index contributed by atoms with van der Waals surface area (Å²) in [5.41, 5.74) is 4.47. The molecule has 0 fully saturated rings. The molecular weight excluding hydrogens is 326 g/mol. The fraction of sp³-hybridized carbons (Fsp3) is 0.0909. The Balaban J connectivity index is 2.21. The van der Waals surface area contributed by atoms with Gasteiger partial charge in [-0.25, -0.2) is 4.79 Å². The van der Waals surface area contributed by atoms with Gasteiger partial charge < -0.3 is 9.52 Å². The molecule has 0 radical (unpaired) electrons. The number of carbonyl (C=O) groups is 1. The highest BCUT2D eigenvalue weighted by Crippen LogP contribution is 2.41. The number of rotatable bonds is 2. The van der Waals surface area contributed by atoms with Crippen LogP contribution < -0.4 is 5.36 Å². The molecule has 0 spiro atoms. The second-order valence-corrected chi connectivity index (χ2v) is 6.23. The number of carboxylic acid groups (broad SMARTS) is 1. The number of fused-ring (bicyclic) bond motifs is 2. The third kappa shape index (κ3) is 2.56. The molecule has 0 saturated carbocycles. The quantitative estimate of drug-likeness (QED) is 0.535. The Morgan fingerprint density at radius 2 is 1.81 bits per heavy atom. The summed E-state index contributed by atoms with van der Waals surface area (Å²) in [6.07, 6.45) is 0. The van der Waals surface area contributed by atoms with Crippen molar-refractivity contribution in [2.24, 2.45) is 4.99 Å². The minimum absolute atomic E-state index is 0.270. The molecular formula is C22H17NO3. The fourth-order valence-corrected chi connectivity index (χ4v) is 3.30. The fourth-order valence-electron chi connectivity index (χ4n) is 3.30. The van der Waals surface area contributed by atoms with Gasteiger partial charge in [0, 0.05) is 29.6 Å². The second-order valence-electron chi connectivity index (χ2n) is 6.23. The Kier molecular flexibility index (Phi) is 3.81. The van der Waals surface area contributed by atoms with Gasteiger partial charge in [-0.1, -0.05) is 30.3 Å². The maximum Gasteiger partial charge on any atom is 0.336 e. The van der Waals surface area contributed by atoms with Crippen molar-refractivity contribution in [2.45, 2.75) is 6.92 Å². The van der Waals surface area contributed by atoms with E-state index >= 15 is 0 Å². The summed E-state index contributed by atoms with van der Waals surface area (Å²) in [6.45, 7) is 2.00. The molecule has 4 rings (SSSR count). The van der Waals surface area contributed by atoms with E-state index in [2.05, 4.69) is 4.99 Å². The first kappa shape index (κ1) is 16.1. The maximum absolute atomic E-state index is 11.8. The Morgan fingerprint density at radius 3 is 2.58 bits per heavy atom. The topological polar surface area (TPSA) is 62.8 Å². The van der Waals surface area contributed by atoms with Crippen molar-refractivity contribution >= 4 is 16.9 Å². The standard InChI is InChI=1S/C22H17NO3/c1-13-7-9-17-19(11-13)26-20-12-14(23-2)8-10-18(20)21(17)15-5-3-4-6-16(15)22(24)25/h3-12H,1-2H3,(H,24,25). The third-order valence-corrected chi connectivity index (χ3v) is 4.55. The minimum atomic E-state index is -0.949. The largest absolute Gasteiger partial charge is 0.478 e. The Labute approximate surface area is 150 Å². The molecule has 128 valence electrons. The van der Waals surface area contributed by atoms with Gasteiger partial charge in [0.2, 0.25) is 0 Å². The van der Waals surface area contributed by atoms with Crippen LogP contribution in [-0.2, 0) is 0 Å². The van der Waals surface area contributed by atoms with Gasteiger partial charge in [-0.15, -0.1) is 0 Å². The molecule has 4 nitrogen and oxygen atoms in total. The average Bonchev–Trinajstić information content (AvgIpc) is 2.65. The zero-order chi connectivity index (χ0) is 18.3. The van der Waals surface area contributed by atoms with Crippen molar-refractivity contribution in [1.82, 2.24) is 0 Å². The van der Waals surface area contributed by atoms with Crippen molar-refractivity contribution in [2.75, 3.05) is 7.05 Å². The van der Waals surface area contributed by atoms with Crippen LogP contribution in [0.15, 0.2) is 70.1 Å². The van der Waals surface area contributed by atoms with E-state index in [9.17, 15) is 9.90 Å². The number of aromatic carboxylic acids is 1. The van der Waals surface area contributed by atoms with Crippen LogP contribution in [0.3, 0.4) is 0 Å². The predicted molar refractivity (Wildman–Crippen MR) is 101 cm³/mol. The van der Waals surface area contributed by atoms with Gasteiger partial charge in [0.15, 0.2) is 0 Å². The van der Waals surface area contributed by atoms with Crippen LogP contribution in [0.25, 0.3) is 33.4 Å². The van der Waals surface area contributed by atoms with Crippen molar-refractivity contribution < 1.29 is 14.3 Å². The number of carboxylic acids is 1. The summed E-state index contributed by atoms with van der Waals surface area (Å²) in [6, 6.07) is 18.8. The first-order chi connectivity index (χ1) is 12.6. The molecule has 26 heavy (non-hydrogen) atoms. The molecule has 4 heteroatoms. The summed E-state index contributed by atoms with van der Waals surface area (Å²) in [7, 11) is 1.73. The monoisotopic (exact) mass is 343 g/mol. The van der Waals surface area contributed by atoms with E-state index in [1.807, 2.05) is 55.5 Å². The normalized spacial score (nSPS) is 12.0. The molecule has 1 heterocycles. The first-order valence-electron chi connectivity index (χ1n) is 8.31. The smallest absolute Gasteiger partial charge is 0.336 e. The third-order valence-electron chi connectivity index (χ3n) is 4.55. The van der Waals surface area contributed by atoms with Crippen molar-refractivity contribution in [3.8, 4) is 22.5 Å². The molecule has 0 bridgehead atoms. The van der Waals surface area contributed by atoms with E-state index in [1.54, 1.807) is 19.2 Å². The molecule has 0 amide bonds. The lowest BCUT2D eigenvalue weighted by Crippen LogP contribution is -2.04. The summed E-state index contributed by atoms with van der Waals surface area (Å²) in [5.74, 6) is -0.267. The van der Waals surface area contributed by atoms with Crippen molar-refractivity contribution in [3.63, 3.8) is 0 Å².